The Hall–Kier alpha value is -1.11. The molecule has 21 heavy (non-hydrogen) atoms. The maximum atomic E-state index is 11.9. The average Bonchev–Trinajstić information content (AvgIpc) is 2.84. The smallest absolute Gasteiger partial charge is 0.235 e. The van der Waals surface area contributed by atoms with E-state index in [1.165, 1.54) is 4.31 Å². The van der Waals surface area contributed by atoms with E-state index in [1.807, 2.05) is 38.1 Å². The summed E-state index contributed by atoms with van der Waals surface area (Å²) in [4.78, 5) is 0. The van der Waals surface area contributed by atoms with Crippen LogP contribution in [0.1, 0.15) is 38.3 Å². The fraction of sp³-hybridized carbons (Fsp3) is 0.600. The van der Waals surface area contributed by atoms with Gasteiger partial charge >= 0.3 is 0 Å². The molecule has 1 fully saturated rings. The van der Waals surface area contributed by atoms with Gasteiger partial charge < -0.3 is 10.4 Å². The molecule has 2 rings (SSSR count). The molecule has 2 N–H and O–H groups in total. The van der Waals surface area contributed by atoms with E-state index in [0.29, 0.717) is 13.0 Å². The molecule has 1 aliphatic rings. The third-order valence-electron chi connectivity index (χ3n) is 3.98. The molecule has 1 aromatic rings. The number of rotatable bonds is 6. The molecule has 6 heteroatoms. The molecule has 0 amide bonds. The summed E-state index contributed by atoms with van der Waals surface area (Å²) in [7, 11) is -3.12. The summed E-state index contributed by atoms with van der Waals surface area (Å²) >= 11 is 0. The number of benzene rings is 1. The normalized spacial score (nSPS) is 20.4. The highest BCUT2D eigenvalue weighted by Gasteiger charge is 2.28. The van der Waals surface area contributed by atoms with Crippen LogP contribution in [-0.4, -0.2) is 38.5 Å². The fourth-order valence-corrected chi connectivity index (χ4v) is 4.17. The Balaban J connectivity index is 2.08. The molecule has 2 atom stereocenters. The second-order valence-electron chi connectivity index (χ2n) is 5.51. The first-order chi connectivity index (χ1) is 9.97. The maximum Gasteiger partial charge on any atom is 0.235 e. The van der Waals surface area contributed by atoms with E-state index in [-0.39, 0.29) is 24.4 Å². The zero-order chi connectivity index (χ0) is 15.5. The number of hydrogen-bond acceptors (Lipinski definition) is 4. The van der Waals surface area contributed by atoms with Gasteiger partial charge in [-0.25, -0.2) is 8.42 Å². The van der Waals surface area contributed by atoms with Crippen LogP contribution in [-0.2, 0) is 10.0 Å². The lowest BCUT2D eigenvalue weighted by Gasteiger charge is -2.22. The zero-order valence-electron chi connectivity index (χ0n) is 12.6. The Morgan fingerprint density at radius 1 is 1.33 bits per heavy atom. The van der Waals surface area contributed by atoms with E-state index in [0.717, 1.165) is 17.7 Å². The van der Waals surface area contributed by atoms with E-state index in [2.05, 4.69) is 5.32 Å². The number of aliphatic hydroxyl groups is 1. The van der Waals surface area contributed by atoms with E-state index < -0.39 is 10.0 Å². The largest absolute Gasteiger partial charge is 0.395 e. The molecule has 1 saturated heterocycles. The van der Waals surface area contributed by atoms with Crippen LogP contribution in [0, 0.1) is 0 Å². The molecule has 1 aromatic carbocycles. The Kier molecular flexibility index (Phi) is 5.24. The Morgan fingerprint density at radius 2 is 2.00 bits per heavy atom. The molecular formula is C15H24N2O3S. The van der Waals surface area contributed by atoms with Gasteiger partial charge in [-0.2, -0.15) is 0 Å². The van der Waals surface area contributed by atoms with E-state index in [9.17, 15) is 13.5 Å². The van der Waals surface area contributed by atoms with Gasteiger partial charge in [0.25, 0.3) is 0 Å². The minimum Gasteiger partial charge on any atom is -0.395 e. The standard InChI is InChI=1S/C15H24N2O3S/c1-3-14(11-18)16-12(2)13-5-7-15(8-6-13)17-9-4-10-21(17,19)20/h5-8,12,14,16,18H,3-4,9-11H2,1-2H3. The van der Waals surface area contributed by atoms with Crippen molar-refractivity contribution in [2.24, 2.45) is 0 Å². The van der Waals surface area contributed by atoms with Gasteiger partial charge in [0.2, 0.25) is 10.0 Å². The number of nitrogens with zero attached hydrogens (tertiary/aromatic N) is 1. The number of anilines is 1. The number of nitrogens with one attached hydrogen (secondary N) is 1. The summed E-state index contributed by atoms with van der Waals surface area (Å²) in [6.45, 7) is 4.75. The first kappa shape index (κ1) is 16.3. The van der Waals surface area contributed by atoms with Crippen LogP contribution in [0.5, 0.6) is 0 Å². The molecule has 1 aliphatic heterocycles. The third kappa shape index (κ3) is 3.75. The Morgan fingerprint density at radius 3 is 2.48 bits per heavy atom. The molecule has 0 spiro atoms. The summed E-state index contributed by atoms with van der Waals surface area (Å²) in [6.07, 6.45) is 1.56. The molecule has 0 saturated carbocycles. The quantitative estimate of drug-likeness (QED) is 0.838. The minimum absolute atomic E-state index is 0.0821. The van der Waals surface area contributed by atoms with Crippen LogP contribution < -0.4 is 9.62 Å². The molecule has 2 unspecified atom stereocenters. The lowest BCUT2D eigenvalue weighted by Crippen LogP contribution is -2.33. The van der Waals surface area contributed by atoms with Crippen LogP contribution >= 0.6 is 0 Å². The Bertz CT molecular complexity index is 553. The molecule has 0 radical (unpaired) electrons. The van der Waals surface area contributed by atoms with Crippen molar-refractivity contribution in [1.29, 1.82) is 0 Å². The number of sulfonamides is 1. The van der Waals surface area contributed by atoms with Gasteiger partial charge in [0, 0.05) is 18.6 Å². The van der Waals surface area contributed by atoms with Crippen molar-refractivity contribution < 1.29 is 13.5 Å². The highest BCUT2D eigenvalue weighted by molar-refractivity contribution is 7.93. The average molecular weight is 312 g/mol. The first-order valence-corrected chi connectivity index (χ1v) is 9.06. The predicted octanol–water partition coefficient (Wildman–Crippen LogP) is 1.65. The number of hydrogen-bond donors (Lipinski definition) is 2. The van der Waals surface area contributed by atoms with Crippen LogP contribution in [0.3, 0.4) is 0 Å². The van der Waals surface area contributed by atoms with Gasteiger partial charge in [0.15, 0.2) is 0 Å². The topological polar surface area (TPSA) is 69.6 Å². The maximum absolute atomic E-state index is 11.9. The van der Waals surface area contributed by atoms with Crippen molar-refractivity contribution in [2.45, 2.75) is 38.8 Å². The predicted molar refractivity (Wildman–Crippen MR) is 84.9 cm³/mol. The summed E-state index contributed by atoms with van der Waals surface area (Å²) in [5.41, 5.74) is 1.82. The van der Waals surface area contributed by atoms with Gasteiger partial charge in [0.1, 0.15) is 0 Å². The minimum atomic E-state index is -3.12. The third-order valence-corrected chi connectivity index (χ3v) is 5.85. The van der Waals surface area contributed by atoms with E-state index in [4.69, 9.17) is 0 Å². The van der Waals surface area contributed by atoms with Gasteiger partial charge in [-0.05, 0) is 37.5 Å². The summed E-state index contributed by atoms with van der Waals surface area (Å²) in [5.74, 6) is 0.237. The first-order valence-electron chi connectivity index (χ1n) is 7.45. The molecule has 0 aromatic heterocycles. The SMILES string of the molecule is CCC(CO)NC(C)c1ccc(N2CCCS2(=O)=O)cc1. The monoisotopic (exact) mass is 312 g/mol. The van der Waals surface area contributed by atoms with Crippen molar-refractivity contribution in [3.05, 3.63) is 29.8 Å². The lowest BCUT2D eigenvalue weighted by molar-refractivity contribution is 0.230. The van der Waals surface area contributed by atoms with Crippen molar-refractivity contribution in [2.75, 3.05) is 23.2 Å². The fourth-order valence-electron chi connectivity index (χ4n) is 2.61. The van der Waals surface area contributed by atoms with Crippen LogP contribution in [0.15, 0.2) is 24.3 Å². The Labute approximate surface area is 127 Å². The van der Waals surface area contributed by atoms with Crippen molar-refractivity contribution in [1.82, 2.24) is 5.32 Å². The molecule has 118 valence electrons. The molecule has 0 bridgehead atoms. The van der Waals surface area contributed by atoms with Gasteiger partial charge in [-0.1, -0.05) is 19.1 Å². The molecule has 0 aliphatic carbocycles. The second-order valence-corrected chi connectivity index (χ2v) is 7.52. The van der Waals surface area contributed by atoms with Gasteiger partial charge in [0.05, 0.1) is 18.0 Å². The zero-order valence-corrected chi connectivity index (χ0v) is 13.4. The number of aliphatic hydroxyl groups excluding tert-OH is 1. The lowest BCUT2D eigenvalue weighted by atomic mass is 10.1. The van der Waals surface area contributed by atoms with Crippen LogP contribution in [0.4, 0.5) is 5.69 Å². The van der Waals surface area contributed by atoms with Crippen molar-refractivity contribution in [3.63, 3.8) is 0 Å². The summed E-state index contributed by atoms with van der Waals surface area (Å²) < 4.78 is 25.3. The van der Waals surface area contributed by atoms with Crippen LogP contribution in [0.2, 0.25) is 0 Å². The van der Waals surface area contributed by atoms with E-state index in [1.54, 1.807) is 0 Å². The highest BCUT2D eigenvalue weighted by Crippen LogP contribution is 2.25. The molecule has 1 heterocycles. The summed E-state index contributed by atoms with van der Waals surface area (Å²) in [6, 6.07) is 7.81. The van der Waals surface area contributed by atoms with Gasteiger partial charge in [-0.15, -0.1) is 0 Å². The van der Waals surface area contributed by atoms with Crippen molar-refractivity contribution in [3.8, 4) is 0 Å². The summed E-state index contributed by atoms with van der Waals surface area (Å²) in [5, 5.41) is 12.6. The van der Waals surface area contributed by atoms with E-state index >= 15 is 0 Å². The molecule has 5 nitrogen and oxygen atoms in total. The van der Waals surface area contributed by atoms with Gasteiger partial charge in [-0.3, -0.25) is 4.31 Å². The molecular weight excluding hydrogens is 288 g/mol. The van der Waals surface area contributed by atoms with Crippen molar-refractivity contribution >= 4 is 15.7 Å². The second kappa shape index (κ2) is 6.77. The highest BCUT2D eigenvalue weighted by atomic mass is 32.2. The van der Waals surface area contributed by atoms with Crippen LogP contribution in [0.25, 0.3) is 0 Å².